The Kier molecular flexibility index (Phi) is 5.60. The highest BCUT2D eigenvalue weighted by Crippen LogP contribution is 2.36. The number of para-hydroxylation sites is 1. The summed E-state index contributed by atoms with van der Waals surface area (Å²) in [6.45, 7) is 1.25. The van der Waals surface area contributed by atoms with Gasteiger partial charge in [-0.2, -0.15) is 0 Å². The number of amides is 1. The van der Waals surface area contributed by atoms with Gasteiger partial charge < -0.3 is 14.7 Å². The van der Waals surface area contributed by atoms with E-state index < -0.39 is 11.2 Å². The predicted molar refractivity (Wildman–Crippen MR) is 125 cm³/mol. The minimum Gasteiger partial charge on any atom is -0.502 e. The van der Waals surface area contributed by atoms with Crippen LogP contribution in [0, 0.1) is 0 Å². The van der Waals surface area contributed by atoms with Crippen LogP contribution in [0.5, 0.6) is 11.5 Å². The molecule has 1 atom stereocenters. The molecule has 2 aliphatic heterocycles. The molecule has 33 heavy (non-hydrogen) atoms. The van der Waals surface area contributed by atoms with Gasteiger partial charge in [0.15, 0.2) is 11.4 Å². The number of ether oxygens (including phenoxy) is 1. The number of aromatic nitrogens is 1. The number of nitrogens with zero attached hydrogens (tertiary/aromatic N) is 3. The van der Waals surface area contributed by atoms with E-state index in [2.05, 4.69) is 6.08 Å². The van der Waals surface area contributed by atoms with Crippen LogP contribution in [0.4, 0.5) is 0 Å². The van der Waals surface area contributed by atoms with Crippen molar-refractivity contribution in [3.63, 3.8) is 0 Å². The highest BCUT2D eigenvalue weighted by atomic mass is 16.5. The van der Waals surface area contributed by atoms with Crippen LogP contribution in [-0.4, -0.2) is 40.4 Å². The third kappa shape index (κ3) is 3.86. The fraction of sp³-hybridized carbons (Fsp3) is 0.231. The Bertz CT molecular complexity index is 1250. The lowest BCUT2D eigenvalue weighted by atomic mass is 9.97. The Morgan fingerprint density at radius 2 is 1.73 bits per heavy atom. The number of aromatic hydroxyl groups is 1. The summed E-state index contributed by atoms with van der Waals surface area (Å²) in [5.74, 6) is -0.139. The van der Waals surface area contributed by atoms with Gasteiger partial charge in [-0.15, -0.1) is 0 Å². The Labute approximate surface area is 191 Å². The number of carbonyl (C=O) groups is 1. The van der Waals surface area contributed by atoms with E-state index in [1.165, 1.54) is 6.07 Å². The van der Waals surface area contributed by atoms with E-state index >= 15 is 0 Å². The van der Waals surface area contributed by atoms with Crippen LogP contribution in [0.2, 0.25) is 0 Å². The molecule has 0 spiro atoms. The van der Waals surface area contributed by atoms with Crippen molar-refractivity contribution in [2.24, 2.45) is 0 Å². The molecular weight excluding hydrogens is 418 g/mol. The van der Waals surface area contributed by atoms with Crippen molar-refractivity contribution in [3.05, 3.63) is 106 Å². The van der Waals surface area contributed by atoms with Crippen LogP contribution >= 0.6 is 0 Å². The molecule has 1 amide bonds. The Morgan fingerprint density at radius 3 is 2.58 bits per heavy atom. The monoisotopic (exact) mass is 443 g/mol. The molecule has 3 aromatic rings. The number of hydrogen-bond acceptors (Lipinski definition) is 5. The van der Waals surface area contributed by atoms with Crippen molar-refractivity contribution in [2.45, 2.75) is 18.9 Å². The molecule has 1 aromatic heterocycles. The van der Waals surface area contributed by atoms with Gasteiger partial charge in [0.25, 0.3) is 5.91 Å². The molecule has 1 N–H and O–H groups in total. The number of rotatable bonds is 1. The normalized spacial score (nSPS) is 19.3. The lowest BCUT2D eigenvalue weighted by Crippen LogP contribution is -2.55. The Hall–Kier alpha value is -4.00. The maximum Gasteiger partial charge on any atom is 0.277 e. The zero-order valence-corrected chi connectivity index (χ0v) is 18.1. The summed E-state index contributed by atoms with van der Waals surface area (Å²) in [6, 6.07) is 18.8. The van der Waals surface area contributed by atoms with Crippen molar-refractivity contribution >= 4 is 5.91 Å². The number of carbonyl (C=O) groups excluding carboxylic acids is 1. The lowest BCUT2D eigenvalue weighted by molar-refractivity contribution is 0.0678. The SMILES string of the molecule is O=C1c2c(O)c(=O)ccn2N2CN1CCC/C=C\COc1ccccc1[C@@H]2c1ccccc1. The minimum absolute atomic E-state index is 0.0153. The smallest absolute Gasteiger partial charge is 0.277 e. The molecule has 5 rings (SSSR count). The van der Waals surface area contributed by atoms with Crippen LogP contribution in [0.1, 0.15) is 40.5 Å². The number of allylic oxidation sites excluding steroid dienone is 1. The third-order valence-corrected chi connectivity index (χ3v) is 6.06. The summed E-state index contributed by atoms with van der Waals surface area (Å²) in [4.78, 5) is 27.3. The highest BCUT2D eigenvalue weighted by Gasteiger charge is 2.37. The first-order valence-electron chi connectivity index (χ1n) is 11.1. The van der Waals surface area contributed by atoms with Crippen LogP contribution in [-0.2, 0) is 0 Å². The van der Waals surface area contributed by atoms with E-state index in [1.807, 2.05) is 65.7 Å². The average Bonchev–Trinajstić information content (AvgIpc) is 2.85. The Balaban J connectivity index is 1.76. The molecule has 7 nitrogen and oxygen atoms in total. The third-order valence-electron chi connectivity index (χ3n) is 6.06. The van der Waals surface area contributed by atoms with Gasteiger partial charge in [-0.25, -0.2) is 0 Å². The second kappa shape index (κ2) is 8.86. The van der Waals surface area contributed by atoms with E-state index in [9.17, 15) is 14.7 Å². The fourth-order valence-electron chi connectivity index (χ4n) is 4.47. The summed E-state index contributed by atoms with van der Waals surface area (Å²) < 4.78 is 7.75. The molecule has 2 bridgehead atoms. The van der Waals surface area contributed by atoms with E-state index in [4.69, 9.17) is 4.74 Å². The number of fused-ring (bicyclic) bond motifs is 5. The van der Waals surface area contributed by atoms with Crippen molar-refractivity contribution in [1.29, 1.82) is 0 Å². The van der Waals surface area contributed by atoms with Gasteiger partial charge in [0.2, 0.25) is 5.43 Å². The van der Waals surface area contributed by atoms with Crippen LogP contribution in [0.3, 0.4) is 0 Å². The number of benzene rings is 2. The molecule has 7 heteroatoms. The van der Waals surface area contributed by atoms with Gasteiger partial charge in [-0.3, -0.25) is 19.3 Å². The molecule has 2 aromatic carbocycles. The summed E-state index contributed by atoms with van der Waals surface area (Å²) in [7, 11) is 0. The van der Waals surface area contributed by atoms with E-state index in [0.717, 1.165) is 29.7 Å². The molecule has 0 radical (unpaired) electrons. The van der Waals surface area contributed by atoms with Gasteiger partial charge in [0.05, 0.1) is 0 Å². The van der Waals surface area contributed by atoms with Gasteiger partial charge in [-0.05, 0) is 24.5 Å². The molecule has 168 valence electrons. The standard InChI is InChI=1S/C26H25N3O4/c30-21-14-16-28-24(25(21)31)26(32)27-15-8-1-2-9-17-33-22-13-7-6-12-20(22)23(29(28)18-27)19-10-4-3-5-11-19/h2-7,9-14,16,23,31H,1,8,15,17-18H2/b9-2-/t23-/m0/s1. The molecule has 0 saturated carbocycles. The summed E-state index contributed by atoms with van der Waals surface area (Å²) in [5, 5.41) is 12.6. The molecule has 3 heterocycles. The summed E-state index contributed by atoms with van der Waals surface area (Å²) in [6.07, 6.45) is 7.17. The van der Waals surface area contributed by atoms with Gasteiger partial charge in [-0.1, -0.05) is 60.7 Å². The largest absolute Gasteiger partial charge is 0.502 e. The maximum atomic E-state index is 13.3. The topological polar surface area (TPSA) is 75.0 Å². The second-order valence-corrected chi connectivity index (χ2v) is 8.15. The highest BCUT2D eigenvalue weighted by molar-refractivity contribution is 5.96. The van der Waals surface area contributed by atoms with Crippen molar-refractivity contribution in [3.8, 4) is 11.5 Å². The van der Waals surface area contributed by atoms with Gasteiger partial charge >= 0.3 is 0 Å². The molecule has 0 fully saturated rings. The molecule has 0 aliphatic carbocycles. The van der Waals surface area contributed by atoms with E-state index in [-0.39, 0.29) is 17.6 Å². The number of hydrogen-bond donors (Lipinski definition) is 1. The van der Waals surface area contributed by atoms with Crippen molar-refractivity contribution in [2.75, 3.05) is 24.8 Å². The van der Waals surface area contributed by atoms with Gasteiger partial charge in [0, 0.05) is 24.4 Å². The zero-order chi connectivity index (χ0) is 22.8. The number of pyridine rings is 1. The Morgan fingerprint density at radius 1 is 0.939 bits per heavy atom. The fourth-order valence-corrected chi connectivity index (χ4v) is 4.47. The maximum absolute atomic E-state index is 13.3. The second-order valence-electron chi connectivity index (χ2n) is 8.15. The first-order chi connectivity index (χ1) is 16.1. The van der Waals surface area contributed by atoms with Crippen LogP contribution in [0.25, 0.3) is 0 Å². The summed E-state index contributed by atoms with van der Waals surface area (Å²) >= 11 is 0. The van der Waals surface area contributed by atoms with Crippen molar-refractivity contribution < 1.29 is 14.6 Å². The lowest BCUT2D eigenvalue weighted by Gasteiger charge is -2.44. The first kappa shape index (κ1) is 20.9. The predicted octanol–water partition coefficient (Wildman–Crippen LogP) is 3.42. The molecule has 0 unspecified atom stereocenters. The molecular formula is C26H25N3O4. The average molecular weight is 444 g/mol. The quantitative estimate of drug-likeness (QED) is 0.584. The van der Waals surface area contributed by atoms with Crippen molar-refractivity contribution in [1.82, 2.24) is 9.58 Å². The van der Waals surface area contributed by atoms with Crippen LogP contribution < -0.4 is 15.2 Å². The molecule has 2 aliphatic rings. The minimum atomic E-state index is -0.572. The van der Waals surface area contributed by atoms with Gasteiger partial charge in [0.1, 0.15) is 25.1 Å². The van der Waals surface area contributed by atoms with E-state index in [1.54, 1.807) is 15.8 Å². The molecule has 0 saturated heterocycles. The summed E-state index contributed by atoms with van der Waals surface area (Å²) in [5.41, 5.74) is 1.34. The first-order valence-corrected chi connectivity index (χ1v) is 11.1. The zero-order valence-electron chi connectivity index (χ0n) is 18.1. The van der Waals surface area contributed by atoms with Crippen LogP contribution in [0.15, 0.2) is 83.8 Å². The van der Waals surface area contributed by atoms with E-state index in [0.29, 0.717) is 19.8 Å².